The second-order valence-corrected chi connectivity index (χ2v) is 6.30. The van der Waals surface area contributed by atoms with Crippen molar-refractivity contribution in [3.8, 4) is 17.1 Å². The van der Waals surface area contributed by atoms with Crippen LogP contribution in [0, 0.1) is 0 Å². The second kappa shape index (κ2) is 7.28. The third kappa shape index (κ3) is 3.77. The lowest BCUT2D eigenvalue weighted by atomic mass is 10.1. The van der Waals surface area contributed by atoms with E-state index in [9.17, 15) is 13.2 Å². The van der Waals surface area contributed by atoms with E-state index in [1.807, 2.05) is 18.2 Å². The highest BCUT2D eigenvalue weighted by Crippen LogP contribution is 2.32. The molecule has 3 rings (SSSR count). The largest absolute Gasteiger partial charge is 0.496 e. The smallest absolute Gasteiger partial charge is 0.416 e. The minimum Gasteiger partial charge on any atom is -0.496 e. The summed E-state index contributed by atoms with van der Waals surface area (Å²) in [6, 6.07) is 12.3. The van der Waals surface area contributed by atoms with E-state index in [-0.39, 0.29) is 0 Å². The minimum atomic E-state index is -4.34. The van der Waals surface area contributed by atoms with Crippen LogP contribution < -0.4 is 10.6 Å². The summed E-state index contributed by atoms with van der Waals surface area (Å²) in [6.45, 7) is 0. The topological polar surface area (TPSA) is 66.0 Å². The molecular formula is C17H15F3N4OS. The molecule has 0 unspecified atom stereocenters. The van der Waals surface area contributed by atoms with Crippen molar-refractivity contribution in [3.05, 3.63) is 59.7 Å². The number of para-hydroxylation sites is 1. The first-order chi connectivity index (χ1) is 12.4. The van der Waals surface area contributed by atoms with Crippen LogP contribution in [0.25, 0.3) is 11.4 Å². The summed E-state index contributed by atoms with van der Waals surface area (Å²) in [6.07, 6.45) is -4.34. The number of rotatable bonds is 5. The van der Waals surface area contributed by atoms with Gasteiger partial charge in [0.2, 0.25) is 5.16 Å². The molecule has 0 atom stereocenters. The third-order valence-electron chi connectivity index (χ3n) is 3.66. The minimum absolute atomic E-state index is 0.416. The van der Waals surface area contributed by atoms with E-state index in [0.717, 1.165) is 17.7 Å². The Bertz CT molecular complexity index is 894. The first-order valence-corrected chi connectivity index (χ1v) is 8.51. The Labute approximate surface area is 152 Å². The van der Waals surface area contributed by atoms with Gasteiger partial charge in [-0.05, 0) is 29.8 Å². The van der Waals surface area contributed by atoms with Crippen LogP contribution in [-0.4, -0.2) is 22.0 Å². The van der Waals surface area contributed by atoms with Crippen molar-refractivity contribution in [1.29, 1.82) is 0 Å². The van der Waals surface area contributed by atoms with E-state index in [1.54, 1.807) is 13.2 Å². The number of hydrogen-bond donors (Lipinski definition) is 1. The zero-order valence-electron chi connectivity index (χ0n) is 13.7. The van der Waals surface area contributed by atoms with E-state index in [0.29, 0.717) is 28.0 Å². The van der Waals surface area contributed by atoms with Crippen LogP contribution >= 0.6 is 11.8 Å². The molecule has 0 saturated carbocycles. The lowest BCUT2D eigenvalue weighted by Crippen LogP contribution is -2.12. The zero-order chi connectivity index (χ0) is 18.7. The van der Waals surface area contributed by atoms with E-state index in [4.69, 9.17) is 10.6 Å². The monoisotopic (exact) mass is 380 g/mol. The molecule has 0 amide bonds. The van der Waals surface area contributed by atoms with Crippen LogP contribution in [0.4, 0.5) is 13.2 Å². The van der Waals surface area contributed by atoms with E-state index >= 15 is 0 Å². The number of nitrogens with zero attached hydrogens (tertiary/aromatic N) is 3. The number of aromatic nitrogens is 3. The molecule has 3 aromatic rings. The summed E-state index contributed by atoms with van der Waals surface area (Å²) in [7, 11) is 1.55. The molecule has 0 bridgehead atoms. The molecule has 0 aliphatic carbocycles. The molecule has 0 fully saturated rings. The van der Waals surface area contributed by atoms with Crippen molar-refractivity contribution in [2.24, 2.45) is 0 Å². The molecule has 9 heteroatoms. The maximum absolute atomic E-state index is 12.6. The molecular weight excluding hydrogens is 365 g/mol. The van der Waals surface area contributed by atoms with Crippen molar-refractivity contribution < 1.29 is 17.9 Å². The molecule has 2 aromatic carbocycles. The quantitative estimate of drug-likeness (QED) is 0.536. The number of nitrogen functional groups attached to an aromatic ring is 1. The fraction of sp³-hybridized carbons (Fsp3) is 0.176. The predicted molar refractivity (Wildman–Crippen MR) is 93.2 cm³/mol. The predicted octanol–water partition coefficient (Wildman–Crippen LogP) is 3.98. The van der Waals surface area contributed by atoms with Crippen LogP contribution in [0.15, 0.2) is 53.7 Å². The van der Waals surface area contributed by atoms with Crippen molar-refractivity contribution in [1.82, 2.24) is 14.9 Å². The fourth-order valence-corrected chi connectivity index (χ4v) is 3.14. The Kier molecular flexibility index (Phi) is 5.08. The average Bonchev–Trinajstić information content (AvgIpc) is 3.00. The van der Waals surface area contributed by atoms with Crippen LogP contribution in [0.2, 0.25) is 0 Å². The highest BCUT2D eigenvalue weighted by atomic mass is 32.2. The maximum Gasteiger partial charge on any atom is 0.416 e. The van der Waals surface area contributed by atoms with Gasteiger partial charge in [0.05, 0.1) is 18.2 Å². The van der Waals surface area contributed by atoms with Crippen LogP contribution in [0.3, 0.4) is 0 Å². The van der Waals surface area contributed by atoms with Gasteiger partial charge in [-0.1, -0.05) is 36.0 Å². The molecule has 0 aliphatic heterocycles. The van der Waals surface area contributed by atoms with Crippen molar-refractivity contribution >= 4 is 11.8 Å². The summed E-state index contributed by atoms with van der Waals surface area (Å²) < 4.78 is 44.4. The average molecular weight is 380 g/mol. The van der Waals surface area contributed by atoms with Gasteiger partial charge in [0.25, 0.3) is 0 Å². The van der Waals surface area contributed by atoms with Crippen LogP contribution in [0.5, 0.6) is 5.75 Å². The van der Waals surface area contributed by atoms with Gasteiger partial charge in [-0.2, -0.15) is 13.2 Å². The lowest BCUT2D eigenvalue weighted by molar-refractivity contribution is -0.137. The van der Waals surface area contributed by atoms with Gasteiger partial charge in [0.15, 0.2) is 5.82 Å². The molecule has 0 saturated heterocycles. The number of benzene rings is 2. The van der Waals surface area contributed by atoms with Crippen LogP contribution in [-0.2, 0) is 11.9 Å². The second-order valence-electron chi connectivity index (χ2n) is 5.36. The van der Waals surface area contributed by atoms with Crippen LogP contribution in [0.1, 0.15) is 11.1 Å². The summed E-state index contributed by atoms with van der Waals surface area (Å²) in [5.74, 6) is 7.55. The Morgan fingerprint density at radius 2 is 1.77 bits per heavy atom. The number of halogens is 3. The SMILES string of the molecule is COc1ccccc1-c1nnc(SCc2ccc(C(F)(F)F)cc2)n1N. The number of thioether (sulfide) groups is 1. The summed E-state index contributed by atoms with van der Waals surface area (Å²) in [5.41, 5.74) is 0.753. The molecule has 0 radical (unpaired) electrons. The molecule has 2 N–H and O–H groups in total. The lowest BCUT2D eigenvalue weighted by Gasteiger charge is -2.08. The Balaban J connectivity index is 1.75. The van der Waals surface area contributed by atoms with Gasteiger partial charge in [-0.15, -0.1) is 10.2 Å². The first kappa shape index (κ1) is 18.1. The first-order valence-electron chi connectivity index (χ1n) is 7.53. The van der Waals surface area contributed by atoms with Gasteiger partial charge >= 0.3 is 6.18 Å². The highest BCUT2D eigenvalue weighted by Gasteiger charge is 2.29. The highest BCUT2D eigenvalue weighted by molar-refractivity contribution is 7.98. The molecule has 26 heavy (non-hydrogen) atoms. The van der Waals surface area contributed by atoms with Gasteiger partial charge in [0.1, 0.15) is 5.75 Å². The number of alkyl halides is 3. The van der Waals surface area contributed by atoms with Gasteiger partial charge in [-0.3, -0.25) is 0 Å². The van der Waals surface area contributed by atoms with E-state index in [1.165, 1.54) is 28.6 Å². The molecule has 0 aliphatic rings. The van der Waals surface area contributed by atoms with E-state index < -0.39 is 11.7 Å². The number of ether oxygens (including phenoxy) is 1. The standard InChI is InChI=1S/C17H15F3N4OS/c1-25-14-5-3-2-4-13(14)15-22-23-16(24(15)21)26-10-11-6-8-12(9-7-11)17(18,19)20/h2-9H,10,21H2,1H3. The molecule has 136 valence electrons. The van der Waals surface area contributed by atoms with Gasteiger partial charge < -0.3 is 10.6 Å². The van der Waals surface area contributed by atoms with Crippen molar-refractivity contribution in [2.45, 2.75) is 17.1 Å². The fourth-order valence-electron chi connectivity index (χ4n) is 2.33. The summed E-state index contributed by atoms with van der Waals surface area (Å²) >= 11 is 1.28. The van der Waals surface area contributed by atoms with Crippen molar-refractivity contribution in [3.63, 3.8) is 0 Å². The molecule has 1 heterocycles. The number of methoxy groups -OCH3 is 1. The summed E-state index contributed by atoms with van der Waals surface area (Å²) in [5, 5.41) is 8.60. The Hall–Kier alpha value is -2.68. The maximum atomic E-state index is 12.6. The normalized spacial score (nSPS) is 11.5. The zero-order valence-corrected chi connectivity index (χ0v) is 14.5. The molecule has 0 spiro atoms. The van der Waals surface area contributed by atoms with Gasteiger partial charge in [-0.25, -0.2) is 4.68 Å². The molecule has 5 nitrogen and oxygen atoms in total. The number of hydrogen-bond acceptors (Lipinski definition) is 5. The van der Waals surface area contributed by atoms with Crippen molar-refractivity contribution in [2.75, 3.05) is 13.0 Å². The number of nitrogens with two attached hydrogens (primary N) is 1. The Morgan fingerprint density at radius 3 is 2.42 bits per heavy atom. The Morgan fingerprint density at radius 1 is 1.08 bits per heavy atom. The molecule has 1 aromatic heterocycles. The van der Waals surface area contributed by atoms with E-state index in [2.05, 4.69) is 10.2 Å². The van der Waals surface area contributed by atoms with Gasteiger partial charge in [0, 0.05) is 5.75 Å². The summed E-state index contributed by atoms with van der Waals surface area (Å²) in [4.78, 5) is 0. The third-order valence-corrected chi connectivity index (χ3v) is 4.68.